The zero-order valence-electron chi connectivity index (χ0n) is 6.34. The van der Waals surface area contributed by atoms with Crippen LogP contribution in [0.15, 0.2) is 12.0 Å². The predicted octanol–water partition coefficient (Wildman–Crippen LogP) is 2.92. The minimum absolute atomic E-state index is 2.49. The van der Waals surface area contributed by atoms with Gasteiger partial charge in [0.1, 0.15) is 0 Å². The van der Waals surface area contributed by atoms with Gasteiger partial charge in [-0.05, 0) is 0 Å². The van der Waals surface area contributed by atoms with Crippen molar-refractivity contribution in [2.24, 2.45) is 0 Å². The van der Waals surface area contributed by atoms with E-state index in [9.17, 15) is 35.1 Å². The molecule has 0 bridgehead atoms. The molecule has 0 radical (unpaired) electrons. The quantitative estimate of drug-likeness (QED) is 0.610. The molecule has 0 saturated carbocycles. The van der Waals surface area contributed by atoms with Gasteiger partial charge >= 0.3 is 30.2 Å². The van der Waals surface area contributed by atoms with E-state index in [4.69, 9.17) is 0 Å². The molecule has 10 heteroatoms. The van der Waals surface area contributed by atoms with Gasteiger partial charge in [-0.2, -0.15) is 35.1 Å². The highest BCUT2D eigenvalue weighted by Gasteiger charge is 2.81. The van der Waals surface area contributed by atoms with Crippen molar-refractivity contribution in [2.45, 2.75) is 18.1 Å². The first-order valence-corrected chi connectivity index (χ1v) is 3.08. The van der Waals surface area contributed by atoms with E-state index in [2.05, 4.69) is 9.47 Å². The summed E-state index contributed by atoms with van der Waals surface area (Å²) in [5, 5.41) is 0. The molecular weight excluding hydrogens is 244 g/mol. The summed E-state index contributed by atoms with van der Waals surface area (Å²) in [4.78, 5) is 0. The molecule has 1 heterocycles. The second-order valence-corrected chi connectivity index (χ2v) is 2.36. The van der Waals surface area contributed by atoms with Crippen LogP contribution in [0.2, 0.25) is 0 Å². The number of hydrogen-bond acceptors (Lipinski definition) is 2. The SMILES string of the molecule is FC(F)=C1OC(F)(F)[C@](F)(C(F)(F)F)O1. The highest BCUT2D eigenvalue weighted by atomic mass is 19.4. The van der Waals surface area contributed by atoms with Gasteiger partial charge in [0.15, 0.2) is 0 Å². The molecule has 0 aromatic rings. The smallest absolute Gasteiger partial charge is 0.407 e. The summed E-state index contributed by atoms with van der Waals surface area (Å²) in [5.41, 5.74) is 0. The van der Waals surface area contributed by atoms with Gasteiger partial charge in [0, 0.05) is 0 Å². The van der Waals surface area contributed by atoms with E-state index >= 15 is 0 Å². The molecule has 0 unspecified atom stereocenters. The van der Waals surface area contributed by atoms with Crippen LogP contribution in [0.1, 0.15) is 0 Å². The molecule has 1 aliphatic rings. The lowest BCUT2D eigenvalue weighted by atomic mass is 10.3. The molecule has 0 spiro atoms. The number of hydrogen-bond donors (Lipinski definition) is 0. The Labute approximate surface area is 76.1 Å². The predicted molar refractivity (Wildman–Crippen MR) is 26.3 cm³/mol. The van der Waals surface area contributed by atoms with Crippen LogP contribution in [-0.2, 0) is 9.47 Å². The van der Waals surface area contributed by atoms with Gasteiger partial charge in [-0.3, -0.25) is 0 Å². The molecule has 1 aliphatic heterocycles. The molecule has 0 aromatic carbocycles. The third-order valence-electron chi connectivity index (χ3n) is 1.35. The number of alkyl halides is 6. The summed E-state index contributed by atoms with van der Waals surface area (Å²) < 4.78 is 101. The summed E-state index contributed by atoms with van der Waals surface area (Å²) in [7, 11) is 0. The number of halogens is 8. The summed E-state index contributed by atoms with van der Waals surface area (Å²) in [6.45, 7) is 0. The summed E-state index contributed by atoms with van der Waals surface area (Å²) in [6.07, 6.45) is -14.9. The van der Waals surface area contributed by atoms with Gasteiger partial charge in [0.2, 0.25) is 0 Å². The van der Waals surface area contributed by atoms with Crippen molar-refractivity contribution >= 4 is 0 Å². The highest BCUT2D eigenvalue weighted by Crippen LogP contribution is 2.53. The van der Waals surface area contributed by atoms with Crippen molar-refractivity contribution in [1.82, 2.24) is 0 Å². The van der Waals surface area contributed by atoms with Gasteiger partial charge in [0.25, 0.3) is 0 Å². The van der Waals surface area contributed by atoms with Crippen molar-refractivity contribution in [3.05, 3.63) is 12.0 Å². The van der Waals surface area contributed by atoms with Crippen LogP contribution < -0.4 is 0 Å². The van der Waals surface area contributed by atoms with Crippen molar-refractivity contribution < 1.29 is 44.6 Å². The molecule has 2 nitrogen and oxygen atoms in total. The summed E-state index contributed by atoms with van der Waals surface area (Å²) in [6, 6.07) is 0. The summed E-state index contributed by atoms with van der Waals surface area (Å²) >= 11 is 0. The van der Waals surface area contributed by atoms with Gasteiger partial charge in [-0.15, -0.1) is 0 Å². The van der Waals surface area contributed by atoms with Gasteiger partial charge < -0.3 is 9.47 Å². The van der Waals surface area contributed by atoms with Crippen LogP contribution in [0.5, 0.6) is 0 Å². The molecule has 0 N–H and O–H groups in total. The molecule has 1 rings (SSSR count). The molecule has 88 valence electrons. The monoisotopic (exact) mass is 244 g/mol. The maximum atomic E-state index is 12.6. The molecule has 0 amide bonds. The second kappa shape index (κ2) is 2.89. The molecule has 0 aromatic heterocycles. The van der Waals surface area contributed by atoms with Crippen LogP contribution in [0.3, 0.4) is 0 Å². The minimum atomic E-state index is -6.21. The van der Waals surface area contributed by atoms with Crippen molar-refractivity contribution in [2.75, 3.05) is 0 Å². The van der Waals surface area contributed by atoms with Gasteiger partial charge in [-0.1, -0.05) is 0 Å². The number of rotatable bonds is 0. The van der Waals surface area contributed by atoms with Gasteiger partial charge in [-0.25, -0.2) is 0 Å². The first kappa shape index (κ1) is 11.9. The highest BCUT2D eigenvalue weighted by molar-refractivity contribution is 5.01. The Balaban J connectivity index is 3.18. The van der Waals surface area contributed by atoms with Gasteiger partial charge in [0.05, 0.1) is 0 Å². The van der Waals surface area contributed by atoms with E-state index in [1.807, 2.05) is 0 Å². The molecule has 1 atom stereocenters. The van der Waals surface area contributed by atoms with Crippen LogP contribution in [0, 0.1) is 0 Å². The molecule has 15 heavy (non-hydrogen) atoms. The van der Waals surface area contributed by atoms with E-state index in [1.54, 1.807) is 0 Å². The fourth-order valence-electron chi connectivity index (χ4n) is 0.690. The Morgan fingerprint density at radius 3 is 1.67 bits per heavy atom. The molecule has 0 aliphatic carbocycles. The fourth-order valence-corrected chi connectivity index (χ4v) is 0.690. The first-order valence-electron chi connectivity index (χ1n) is 3.08. The normalized spacial score (nSPS) is 29.7. The fraction of sp³-hybridized carbons (Fsp3) is 0.600. The third-order valence-corrected chi connectivity index (χ3v) is 1.35. The van der Waals surface area contributed by atoms with E-state index in [0.29, 0.717) is 0 Å². The third kappa shape index (κ3) is 1.57. The lowest BCUT2D eigenvalue weighted by molar-refractivity contribution is -0.393. The van der Waals surface area contributed by atoms with Crippen molar-refractivity contribution in [3.63, 3.8) is 0 Å². The van der Waals surface area contributed by atoms with Crippen molar-refractivity contribution in [1.29, 1.82) is 0 Å². The number of ether oxygens (including phenoxy) is 2. The van der Waals surface area contributed by atoms with E-state index in [-0.39, 0.29) is 0 Å². The Morgan fingerprint density at radius 2 is 1.47 bits per heavy atom. The maximum absolute atomic E-state index is 12.6. The molecule has 1 fully saturated rings. The minimum Gasteiger partial charge on any atom is -0.407 e. The zero-order valence-corrected chi connectivity index (χ0v) is 6.34. The molecule has 1 saturated heterocycles. The topological polar surface area (TPSA) is 18.5 Å². The Kier molecular flexibility index (Phi) is 2.28. The average Bonchev–Trinajstić information content (AvgIpc) is 2.23. The van der Waals surface area contributed by atoms with Crippen LogP contribution >= 0.6 is 0 Å². The standard InChI is InChI=1S/C5F8O2/c6-1(7)2-14-3(8,4(9,10)11)5(12,13)15-2/t3-/m0/s1. The maximum Gasteiger partial charge on any atom is 0.483 e. The lowest BCUT2D eigenvalue weighted by Crippen LogP contribution is -2.53. The van der Waals surface area contributed by atoms with E-state index < -0.39 is 30.2 Å². The molecular formula is C5F8O2. The van der Waals surface area contributed by atoms with Crippen LogP contribution in [0.4, 0.5) is 35.1 Å². The largest absolute Gasteiger partial charge is 0.483 e. The lowest BCUT2D eigenvalue weighted by Gasteiger charge is -2.23. The average molecular weight is 244 g/mol. The van der Waals surface area contributed by atoms with E-state index in [1.165, 1.54) is 0 Å². The second-order valence-electron chi connectivity index (χ2n) is 2.36. The summed E-state index contributed by atoms with van der Waals surface area (Å²) in [5.74, 6) is -8.10. The zero-order chi connectivity index (χ0) is 12.1. The Bertz CT molecular complexity index is 303. The Morgan fingerprint density at radius 1 is 1.00 bits per heavy atom. The van der Waals surface area contributed by atoms with Crippen LogP contribution in [-0.4, -0.2) is 18.1 Å². The Hall–Kier alpha value is -1.22. The van der Waals surface area contributed by atoms with Crippen molar-refractivity contribution in [3.8, 4) is 0 Å². The van der Waals surface area contributed by atoms with Crippen LogP contribution in [0.25, 0.3) is 0 Å². The van der Waals surface area contributed by atoms with E-state index in [0.717, 1.165) is 0 Å². The first-order chi connectivity index (χ1) is 6.51.